The van der Waals surface area contributed by atoms with Crippen LogP contribution in [0.15, 0.2) is 16.8 Å². The Morgan fingerprint density at radius 2 is 2.22 bits per heavy atom. The standard InChI is InChI=1S/C9H17BN2O5S/c1-8(2)17-9-6-10(13)12(11-7-9)18(14,15)5-4-16-3/h6-8,13H,4-5H2,1-3H3. The van der Waals surface area contributed by atoms with E-state index in [1.165, 1.54) is 19.3 Å². The zero-order chi connectivity index (χ0) is 13.8. The van der Waals surface area contributed by atoms with E-state index in [0.717, 1.165) is 0 Å². The Bertz CT molecular complexity index is 434. The van der Waals surface area contributed by atoms with E-state index in [-0.39, 0.29) is 18.5 Å². The molecule has 0 aromatic heterocycles. The van der Waals surface area contributed by atoms with Gasteiger partial charge in [-0.2, -0.15) is 5.10 Å². The number of allylic oxidation sites excluding steroid dienone is 1. The Balaban J connectivity index is 2.74. The van der Waals surface area contributed by atoms with Crippen molar-refractivity contribution in [3.05, 3.63) is 11.7 Å². The topological polar surface area (TPSA) is 88.4 Å². The Morgan fingerprint density at radius 1 is 1.56 bits per heavy atom. The lowest BCUT2D eigenvalue weighted by molar-refractivity contribution is 0.164. The second-order valence-electron chi connectivity index (χ2n) is 3.98. The normalized spacial score (nSPS) is 16.2. The average Bonchev–Trinajstić information content (AvgIpc) is 2.25. The summed E-state index contributed by atoms with van der Waals surface area (Å²) in [7, 11) is -3.64. The molecule has 18 heavy (non-hydrogen) atoms. The van der Waals surface area contributed by atoms with Crippen LogP contribution in [0, 0.1) is 0 Å². The fourth-order valence-corrected chi connectivity index (χ4v) is 2.44. The van der Waals surface area contributed by atoms with Gasteiger partial charge in [-0.25, -0.2) is 12.7 Å². The predicted molar refractivity (Wildman–Crippen MR) is 68.3 cm³/mol. The maximum atomic E-state index is 11.8. The second-order valence-corrected chi connectivity index (χ2v) is 5.92. The molecule has 0 aliphatic carbocycles. The maximum absolute atomic E-state index is 11.8. The van der Waals surface area contributed by atoms with Crippen molar-refractivity contribution >= 4 is 23.3 Å². The predicted octanol–water partition coefficient (Wildman–Crippen LogP) is -0.407. The van der Waals surface area contributed by atoms with Gasteiger partial charge in [0.2, 0.25) is 10.0 Å². The van der Waals surface area contributed by atoms with Crippen LogP contribution in [0.4, 0.5) is 0 Å². The molecule has 102 valence electrons. The van der Waals surface area contributed by atoms with Crippen molar-refractivity contribution in [2.24, 2.45) is 5.10 Å². The quantitative estimate of drug-likeness (QED) is 0.666. The Hall–Kier alpha value is -1.06. The molecule has 0 unspecified atom stereocenters. The molecule has 1 aliphatic heterocycles. The minimum Gasteiger partial charge on any atom is -0.490 e. The molecular weight excluding hydrogens is 259 g/mol. The van der Waals surface area contributed by atoms with E-state index in [1.54, 1.807) is 0 Å². The van der Waals surface area contributed by atoms with Crippen molar-refractivity contribution in [3.8, 4) is 0 Å². The minimum absolute atomic E-state index is 0.0418. The summed E-state index contributed by atoms with van der Waals surface area (Å²) in [6.45, 7) is 3.69. The number of hydrogen-bond donors (Lipinski definition) is 1. The van der Waals surface area contributed by atoms with E-state index in [2.05, 4.69) is 5.10 Å². The zero-order valence-electron chi connectivity index (χ0n) is 10.6. The molecule has 1 N–H and O–H groups in total. The van der Waals surface area contributed by atoms with Crippen molar-refractivity contribution in [2.75, 3.05) is 19.5 Å². The van der Waals surface area contributed by atoms with E-state index in [9.17, 15) is 13.4 Å². The number of nitrogens with zero attached hydrogens (tertiary/aromatic N) is 2. The molecular formula is C9H17BN2O5S. The van der Waals surface area contributed by atoms with Crippen LogP contribution in [-0.2, 0) is 19.5 Å². The molecule has 0 bridgehead atoms. The van der Waals surface area contributed by atoms with Gasteiger partial charge in [0.15, 0.2) is 0 Å². The fraction of sp³-hybridized carbons (Fsp3) is 0.667. The van der Waals surface area contributed by atoms with E-state index in [0.29, 0.717) is 10.1 Å². The largest absolute Gasteiger partial charge is 0.490 e. The molecule has 7 nitrogen and oxygen atoms in total. The monoisotopic (exact) mass is 276 g/mol. The lowest BCUT2D eigenvalue weighted by Gasteiger charge is -2.23. The molecule has 0 atom stereocenters. The molecule has 1 rings (SSSR count). The molecule has 0 radical (unpaired) electrons. The van der Waals surface area contributed by atoms with Gasteiger partial charge < -0.3 is 14.5 Å². The summed E-state index contributed by atoms with van der Waals surface area (Å²) >= 11 is 0. The molecule has 0 saturated carbocycles. The SMILES string of the molecule is COCCS(=O)(=O)N1N=CC(OC(C)C)=CB1O. The van der Waals surface area contributed by atoms with Crippen LogP contribution in [-0.4, -0.2) is 56.6 Å². The number of methoxy groups -OCH3 is 1. The highest BCUT2D eigenvalue weighted by Crippen LogP contribution is 2.13. The van der Waals surface area contributed by atoms with E-state index < -0.39 is 17.1 Å². The summed E-state index contributed by atoms with van der Waals surface area (Å²) < 4.78 is 34.2. The molecule has 0 aromatic rings. The fourth-order valence-electron chi connectivity index (χ4n) is 1.30. The van der Waals surface area contributed by atoms with E-state index in [4.69, 9.17) is 9.47 Å². The van der Waals surface area contributed by atoms with Crippen LogP contribution in [0.25, 0.3) is 0 Å². The number of sulfonamides is 1. The third-order valence-electron chi connectivity index (χ3n) is 2.04. The summed E-state index contributed by atoms with van der Waals surface area (Å²) in [4.78, 5) is 0. The lowest BCUT2D eigenvalue weighted by atomic mass is 9.84. The molecule has 9 heteroatoms. The first-order chi connectivity index (χ1) is 8.36. The molecule has 0 aromatic carbocycles. The Morgan fingerprint density at radius 3 is 2.72 bits per heavy atom. The zero-order valence-corrected chi connectivity index (χ0v) is 11.4. The van der Waals surface area contributed by atoms with E-state index in [1.807, 2.05) is 13.8 Å². The second kappa shape index (κ2) is 6.21. The summed E-state index contributed by atoms with van der Waals surface area (Å²) in [5, 5.41) is 13.4. The van der Waals surface area contributed by atoms with Crippen molar-refractivity contribution in [1.82, 2.24) is 4.33 Å². The first kappa shape index (κ1) is 15.0. The maximum Gasteiger partial charge on any atom is 0.479 e. The van der Waals surface area contributed by atoms with Gasteiger partial charge in [-0.05, 0) is 19.8 Å². The van der Waals surface area contributed by atoms with Crippen molar-refractivity contribution in [2.45, 2.75) is 20.0 Å². The van der Waals surface area contributed by atoms with Gasteiger partial charge in [0.05, 0.1) is 24.7 Å². The molecule has 0 fully saturated rings. The number of rotatable bonds is 6. The summed E-state index contributed by atoms with van der Waals surface area (Å²) in [5.74, 6) is 1.39. The van der Waals surface area contributed by atoms with E-state index >= 15 is 0 Å². The summed E-state index contributed by atoms with van der Waals surface area (Å²) in [6, 6.07) is 0. The van der Waals surface area contributed by atoms with Crippen LogP contribution >= 0.6 is 0 Å². The first-order valence-electron chi connectivity index (χ1n) is 5.48. The Labute approximate surface area is 107 Å². The molecule has 0 saturated heterocycles. The number of hydrazone groups is 1. The number of ether oxygens (including phenoxy) is 2. The summed E-state index contributed by atoms with van der Waals surface area (Å²) in [6.07, 6.45) is 1.18. The summed E-state index contributed by atoms with van der Waals surface area (Å²) in [5.41, 5.74) is 0. The third kappa shape index (κ3) is 4.00. The molecule has 0 spiro atoms. The molecule has 1 aliphatic rings. The van der Waals surface area contributed by atoms with Crippen LogP contribution in [0.2, 0.25) is 0 Å². The first-order valence-corrected chi connectivity index (χ1v) is 7.09. The van der Waals surface area contributed by atoms with Crippen molar-refractivity contribution in [1.29, 1.82) is 0 Å². The van der Waals surface area contributed by atoms with Gasteiger partial charge in [-0.15, -0.1) is 0 Å². The third-order valence-corrected chi connectivity index (χ3v) is 3.60. The van der Waals surface area contributed by atoms with Gasteiger partial charge in [0, 0.05) is 7.11 Å². The van der Waals surface area contributed by atoms with Gasteiger partial charge in [-0.3, -0.25) is 0 Å². The van der Waals surface area contributed by atoms with Gasteiger partial charge >= 0.3 is 7.05 Å². The van der Waals surface area contributed by atoms with Gasteiger partial charge in [0.25, 0.3) is 0 Å². The highest BCUT2D eigenvalue weighted by atomic mass is 32.2. The highest BCUT2D eigenvalue weighted by Gasteiger charge is 2.33. The Kier molecular flexibility index (Phi) is 5.18. The average molecular weight is 276 g/mol. The minimum atomic E-state index is -3.69. The van der Waals surface area contributed by atoms with Crippen LogP contribution in [0.3, 0.4) is 0 Å². The molecule has 0 amide bonds. The van der Waals surface area contributed by atoms with Crippen molar-refractivity contribution < 1.29 is 22.9 Å². The number of hydrogen-bond acceptors (Lipinski definition) is 6. The van der Waals surface area contributed by atoms with Crippen molar-refractivity contribution in [3.63, 3.8) is 0 Å². The lowest BCUT2D eigenvalue weighted by Crippen LogP contribution is -2.43. The van der Waals surface area contributed by atoms with Crippen LogP contribution < -0.4 is 0 Å². The van der Waals surface area contributed by atoms with Crippen LogP contribution in [0.5, 0.6) is 0 Å². The smallest absolute Gasteiger partial charge is 0.479 e. The highest BCUT2D eigenvalue weighted by molar-refractivity contribution is 7.90. The van der Waals surface area contributed by atoms with Gasteiger partial charge in [0.1, 0.15) is 5.76 Å². The molecule has 1 heterocycles. The van der Waals surface area contributed by atoms with Crippen LogP contribution in [0.1, 0.15) is 13.8 Å². The van der Waals surface area contributed by atoms with Gasteiger partial charge in [-0.1, -0.05) is 0 Å².